The van der Waals surface area contributed by atoms with Gasteiger partial charge < -0.3 is 5.11 Å². The van der Waals surface area contributed by atoms with Gasteiger partial charge in [-0.1, -0.05) is 12.1 Å². The van der Waals surface area contributed by atoms with Gasteiger partial charge in [0.05, 0.1) is 0 Å². The van der Waals surface area contributed by atoms with Gasteiger partial charge in [0, 0.05) is 22.7 Å². The molecule has 0 saturated heterocycles. The average molecular weight is 296 g/mol. The molecule has 0 radical (unpaired) electrons. The molecule has 0 aliphatic heterocycles. The summed E-state index contributed by atoms with van der Waals surface area (Å²) in [5.41, 5.74) is 1.87. The Balaban J connectivity index is 1.86. The quantitative estimate of drug-likeness (QED) is 0.615. The number of thiophene rings is 1. The van der Waals surface area contributed by atoms with E-state index in [2.05, 4.69) is 33.3 Å². The fourth-order valence-electron chi connectivity index (χ4n) is 2.16. The maximum atomic E-state index is 10.9. The minimum Gasteiger partial charge on any atom is -0.475 e. The van der Waals surface area contributed by atoms with Crippen LogP contribution in [0, 0.1) is 0 Å². The van der Waals surface area contributed by atoms with Gasteiger partial charge in [0.25, 0.3) is 11.6 Å². The predicted octanol–water partition coefficient (Wildman–Crippen LogP) is 2.70. The molecule has 102 valence electrons. The van der Waals surface area contributed by atoms with Gasteiger partial charge in [-0.2, -0.15) is 4.98 Å². The molecule has 4 aromatic rings. The molecule has 0 saturated carbocycles. The summed E-state index contributed by atoms with van der Waals surface area (Å²) in [6.45, 7) is 0. The highest BCUT2D eigenvalue weighted by Crippen LogP contribution is 2.27. The maximum Gasteiger partial charge on any atom is 0.375 e. The monoisotopic (exact) mass is 296 g/mol. The lowest BCUT2D eigenvalue weighted by molar-refractivity contribution is 0.0684. The van der Waals surface area contributed by atoms with Crippen molar-refractivity contribution in [3.63, 3.8) is 0 Å². The molecule has 0 atom stereocenters. The number of nitrogens with zero attached hydrogens (tertiary/aromatic N) is 4. The Hall–Kier alpha value is -2.80. The summed E-state index contributed by atoms with van der Waals surface area (Å²) < 4.78 is 2.58. The summed E-state index contributed by atoms with van der Waals surface area (Å²) >= 11 is 1.67. The van der Waals surface area contributed by atoms with Crippen LogP contribution in [0.3, 0.4) is 0 Å². The van der Waals surface area contributed by atoms with E-state index in [9.17, 15) is 4.79 Å². The number of hydrogen-bond acceptors (Lipinski definition) is 5. The van der Waals surface area contributed by atoms with E-state index in [0.29, 0.717) is 0 Å². The lowest BCUT2D eigenvalue weighted by Gasteiger charge is -2.01. The zero-order valence-corrected chi connectivity index (χ0v) is 11.4. The number of aromatic carboxylic acids is 1. The van der Waals surface area contributed by atoms with Crippen LogP contribution < -0.4 is 0 Å². The van der Waals surface area contributed by atoms with Gasteiger partial charge in [-0.25, -0.2) is 14.3 Å². The lowest BCUT2D eigenvalue weighted by Crippen LogP contribution is -1.99. The molecule has 7 heteroatoms. The number of carboxylic acid groups (broad SMARTS) is 1. The minimum atomic E-state index is -1.16. The normalized spacial score (nSPS) is 11.2. The molecule has 1 N–H and O–H groups in total. The molecule has 0 aliphatic carbocycles. The molecular formula is C14H8N4O2S. The molecule has 21 heavy (non-hydrogen) atoms. The standard InChI is InChI=1S/C14H8N4O2S/c19-13(20)12-16-14-15-6-10(7-18(14)17-12)9-2-1-8-3-4-21-11(8)5-9/h1-7H,(H,19,20). The largest absolute Gasteiger partial charge is 0.475 e. The zero-order chi connectivity index (χ0) is 14.4. The van der Waals surface area contributed by atoms with Gasteiger partial charge in [0.15, 0.2) is 0 Å². The smallest absolute Gasteiger partial charge is 0.375 e. The number of benzene rings is 1. The molecule has 0 aliphatic rings. The van der Waals surface area contributed by atoms with Crippen LogP contribution in [0.15, 0.2) is 42.0 Å². The Morgan fingerprint density at radius 2 is 2.14 bits per heavy atom. The van der Waals surface area contributed by atoms with Crippen LogP contribution in [0.2, 0.25) is 0 Å². The number of carbonyl (C=O) groups is 1. The molecule has 0 spiro atoms. The van der Waals surface area contributed by atoms with Crippen molar-refractivity contribution >= 4 is 33.2 Å². The van der Waals surface area contributed by atoms with E-state index in [-0.39, 0.29) is 11.6 Å². The first-order chi connectivity index (χ1) is 10.2. The molecule has 0 unspecified atom stereocenters. The van der Waals surface area contributed by atoms with E-state index < -0.39 is 5.97 Å². The van der Waals surface area contributed by atoms with Crippen molar-refractivity contribution in [1.82, 2.24) is 19.6 Å². The molecule has 3 aromatic heterocycles. The van der Waals surface area contributed by atoms with Gasteiger partial charge in [0.2, 0.25) is 0 Å². The van der Waals surface area contributed by atoms with E-state index in [1.54, 1.807) is 23.7 Å². The second kappa shape index (κ2) is 4.35. The van der Waals surface area contributed by atoms with E-state index >= 15 is 0 Å². The van der Waals surface area contributed by atoms with Crippen molar-refractivity contribution in [1.29, 1.82) is 0 Å². The summed E-state index contributed by atoms with van der Waals surface area (Å²) in [7, 11) is 0. The third kappa shape index (κ3) is 1.95. The molecule has 3 heterocycles. The van der Waals surface area contributed by atoms with Crippen LogP contribution in [-0.4, -0.2) is 30.7 Å². The Bertz CT molecular complexity index is 989. The summed E-state index contributed by atoms with van der Waals surface area (Å²) in [4.78, 5) is 18.9. The lowest BCUT2D eigenvalue weighted by atomic mass is 10.1. The van der Waals surface area contributed by atoms with Crippen molar-refractivity contribution < 1.29 is 9.90 Å². The SMILES string of the molecule is O=C(O)c1nc2ncc(-c3ccc4ccsc4c3)cn2n1. The summed E-state index contributed by atoms with van der Waals surface area (Å²) in [5.74, 6) is -1.15. The van der Waals surface area contributed by atoms with Crippen LogP contribution in [0.25, 0.3) is 27.0 Å². The first-order valence-corrected chi connectivity index (χ1v) is 7.02. The summed E-state index contributed by atoms with van der Waals surface area (Å²) in [5, 5.41) is 16.0. The van der Waals surface area contributed by atoms with Gasteiger partial charge in [-0.05, 0) is 28.5 Å². The number of carboxylic acids is 1. The fourth-order valence-corrected chi connectivity index (χ4v) is 2.98. The topological polar surface area (TPSA) is 80.4 Å². The number of rotatable bonds is 2. The van der Waals surface area contributed by atoms with Gasteiger partial charge in [-0.3, -0.25) is 0 Å². The number of aromatic nitrogens is 4. The van der Waals surface area contributed by atoms with Crippen LogP contribution in [0.4, 0.5) is 0 Å². The first-order valence-electron chi connectivity index (χ1n) is 6.14. The van der Waals surface area contributed by atoms with Crippen LogP contribution >= 0.6 is 11.3 Å². The van der Waals surface area contributed by atoms with Crippen LogP contribution in [0.5, 0.6) is 0 Å². The number of fused-ring (bicyclic) bond motifs is 2. The second-order valence-corrected chi connectivity index (χ2v) is 5.45. The fraction of sp³-hybridized carbons (Fsp3) is 0. The van der Waals surface area contributed by atoms with E-state index in [4.69, 9.17) is 5.11 Å². The van der Waals surface area contributed by atoms with Crippen molar-refractivity contribution in [2.24, 2.45) is 0 Å². The highest BCUT2D eigenvalue weighted by Gasteiger charge is 2.12. The van der Waals surface area contributed by atoms with Crippen molar-refractivity contribution in [2.45, 2.75) is 0 Å². The second-order valence-electron chi connectivity index (χ2n) is 4.50. The number of hydrogen-bond donors (Lipinski definition) is 1. The Morgan fingerprint density at radius 3 is 3.00 bits per heavy atom. The summed E-state index contributed by atoms with van der Waals surface area (Å²) in [6, 6.07) is 8.21. The van der Waals surface area contributed by atoms with Gasteiger partial charge >= 0.3 is 5.97 Å². The van der Waals surface area contributed by atoms with Crippen molar-refractivity contribution in [3.8, 4) is 11.1 Å². The third-order valence-electron chi connectivity index (χ3n) is 3.17. The van der Waals surface area contributed by atoms with E-state index in [1.807, 2.05) is 11.4 Å². The Kier molecular flexibility index (Phi) is 2.48. The predicted molar refractivity (Wildman–Crippen MR) is 78.6 cm³/mol. The van der Waals surface area contributed by atoms with Crippen LogP contribution in [0.1, 0.15) is 10.6 Å². The van der Waals surface area contributed by atoms with Crippen LogP contribution in [-0.2, 0) is 0 Å². The molecule has 6 nitrogen and oxygen atoms in total. The summed E-state index contributed by atoms with van der Waals surface area (Å²) in [6.07, 6.45) is 3.40. The van der Waals surface area contributed by atoms with E-state index in [1.165, 1.54) is 14.6 Å². The molecule has 1 aromatic carbocycles. The highest BCUT2D eigenvalue weighted by molar-refractivity contribution is 7.17. The molecule has 0 amide bonds. The average Bonchev–Trinajstić information content (AvgIpc) is 3.12. The zero-order valence-electron chi connectivity index (χ0n) is 10.6. The highest BCUT2D eigenvalue weighted by atomic mass is 32.1. The molecule has 4 rings (SSSR count). The molecular weight excluding hydrogens is 288 g/mol. The Morgan fingerprint density at radius 1 is 1.24 bits per heavy atom. The van der Waals surface area contributed by atoms with Gasteiger partial charge in [0.1, 0.15) is 0 Å². The first kappa shape index (κ1) is 12.0. The molecule has 0 bridgehead atoms. The Labute approximate surface area is 122 Å². The van der Waals surface area contributed by atoms with Crippen molar-refractivity contribution in [2.75, 3.05) is 0 Å². The third-order valence-corrected chi connectivity index (χ3v) is 4.05. The minimum absolute atomic E-state index is 0.256. The van der Waals surface area contributed by atoms with Gasteiger partial charge in [-0.15, -0.1) is 16.4 Å². The van der Waals surface area contributed by atoms with Crippen molar-refractivity contribution in [3.05, 3.63) is 47.9 Å². The maximum absolute atomic E-state index is 10.9. The molecule has 0 fully saturated rings. The van der Waals surface area contributed by atoms with E-state index in [0.717, 1.165) is 11.1 Å².